The van der Waals surface area contributed by atoms with E-state index in [2.05, 4.69) is 126 Å². The zero-order chi connectivity index (χ0) is 26.2. The van der Waals surface area contributed by atoms with Crippen molar-refractivity contribution in [3.8, 4) is 44.5 Å². The SMILES string of the molecule is Cc1ncccc1-c1ccc(-c2c3ccccc3c(-c3cccc(-c4cccnc4)c3)c3ccccc23)cc1. The van der Waals surface area contributed by atoms with Crippen LogP contribution in [0.1, 0.15) is 5.69 Å². The van der Waals surface area contributed by atoms with Crippen molar-refractivity contribution in [2.24, 2.45) is 0 Å². The highest BCUT2D eigenvalue weighted by Gasteiger charge is 2.17. The summed E-state index contributed by atoms with van der Waals surface area (Å²) in [5.41, 5.74) is 10.6. The Morgan fingerprint density at radius 3 is 1.62 bits per heavy atom. The van der Waals surface area contributed by atoms with Crippen molar-refractivity contribution < 1.29 is 0 Å². The molecule has 7 aromatic rings. The summed E-state index contributed by atoms with van der Waals surface area (Å²) in [6.45, 7) is 2.06. The van der Waals surface area contributed by atoms with Crippen molar-refractivity contribution in [3.63, 3.8) is 0 Å². The van der Waals surface area contributed by atoms with E-state index >= 15 is 0 Å². The van der Waals surface area contributed by atoms with Crippen LogP contribution in [-0.2, 0) is 0 Å². The molecule has 0 saturated heterocycles. The fourth-order valence-electron chi connectivity index (χ4n) is 5.74. The molecule has 184 valence electrons. The van der Waals surface area contributed by atoms with Crippen molar-refractivity contribution in [3.05, 3.63) is 146 Å². The lowest BCUT2D eigenvalue weighted by Gasteiger charge is -2.18. The van der Waals surface area contributed by atoms with Gasteiger partial charge in [0.25, 0.3) is 0 Å². The Morgan fingerprint density at radius 2 is 1.00 bits per heavy atom. The molecule has 2 heterocycles. The lowest BCUT2D eigenvalue weighted by Crippen LogP contribution is -1.91. The summed E-state index contributed by atoms with van der Waals surface area (Å²) < 4.78 is 0. The maximum atomic E-state index is 4.48. The van der Waals surface area contributed by atoms with E-state index in [1.807, 2.05) is 30.7 Å². The molecular weight excluding hydrogens is 472 g/mol. The van der Waals surface area contributed by atoms with Crippen molar-refractivity contribution in [1.82, 2.24) is 9.97 Å². The first kappa shape index (κ1) is 23.1. The highest BCUT2D eigenvalue weighted by atomic mass is 14.7. The number of aryl methyl sites for hydroxylation is 1. The van der Waals surface area contributed by atoms with E-state index in [0.717, 1.165) is 11.3 Å². The number of hydrogen-bond donors (Lipinski definition) is 0. The first-order valence-corrected chi connectivity index (χ1v) is 13.2. The first-order chi connectivity index (χ1) is 19.3. The van der Waals surface area contributed by atoms with Crippen LogP contribution in [0.4, 0.5) is 0 Å². The molecule has 2 nitrogen and oxygen atoms in total. The molecular formula is C37H26N2. The predicted octanol–water partition coefficient (Wildman–Crippen LogP) is 9.76. The smallest absolute Gasteiger partial charge is 0.0450 e. The van der Waals surface area contributed by atoms with Gasteiger partial charge in [0.05, 0.1) is 0 Å². The Morgan fingerprint density at radius 1 is 0.436 bits per heavy atom. The lowest BCUT2D eigenvalue weighted by molar-refractivity contribution is 1.20. The first-order valence-electron chi connectivity index (χ1n) is 13.2. The molecule has 0 fully saturated rings. The number of rotatable bonds is 4. The molecule has 0 aliphatic heterocycles. The summed E-state index contributed by atoms with van der Waals surface area (Å²) in [6, 6.07) is 43.6. The Hall–Kier alpha value is -5.08. The van der Waals surface area contributed by atoms with Crippen molar-refractivity contribution >= 4 is 21.5 Å². The van der Waals surface area contributed by atoms with Crippen LogP contribution in [0.25, 0.3) is 66.1 Å². The summed E-state index contributed by atoms with van der Waals surface area (Å²) in [4.78, 5) is 8.81. The van der Waals surface area contributed by atoms with Crippen LogP contribution in [0.3, 0.4) is 0 Å². The molecule has 0 spiro atoms. The Labute approximate surface area is 228 Å². The number of hydrogen-bond acceptors (Lipinski definition) is 2. The van der Waals surface area contributed by atoms with Gasteiger partial charge in [0.2, 0.25) is 0 Å². The third-order valence-electron chi connectivity index (χ3n) is 7.57. The average molecular weight is 499 g/mol. The van der Waals surface area contributed by atoms with Crippen LogP contribution in [-0.4, -0.2) is 9.97 Å². The van der Waals surface area contributed by atoms with Gasteiger partial charge in [-0.05, 0) is 80.0 Å². The summed E-state index contributed by atoms with van der Waals surface area (Å²) in [6.07, 6.45) is 5.59. The number of benzene rings is 5. The van der Waals surface area contributed by atoms with E-state index in [-0.39, 0.29) is 0 Å². The molecule has 0 aliphatic rings. The summed E-state index contributed by atoms with van der Waals surface area (Å²) in [5, 5.41) is 5.01. The van der Waals surface area contributed by atoms with Gasteiger partial charge >= 0.3 is 0 Å². The zero-order valence-corrected chi connectivity index (χ0v) is 21.7. The molecule has 2 heteroatoms. The van der Waals surface area contributed by atoms with E-state index in [1.165, 1.54) is 60.5 Å². The Balaban J connectivity index is 1.46. The third kappa shape index (κ3) is 4.07. The minimum atomic E-state index is 1.04. The molecule has 2 aromatic heterocycles. The number of nitrogens with zero attached hydrogens (tertiary/aromatic N) is 2. The average Bonchev–Trinajstić information content (AvgIpc) is 3.01. The van der Waals surface area contributed by atoms with Crippen molar-refractivity contribution in [1.29, 1.82) is 0 Å². The largest absolute Gasteiger partial charge is 0.264 e. The molecule has 0 bridgehead atoms. The van der Waals surface area contributed by atoms with Gasteiger partial charge in [-0.25, -0.2) is 0 Å². The maximum Gasteiger partial charge on any atom is 0.0450 e. The van der Waals surface area contributed by atoms with Gasteiger partial charge < -0.3 is 0 Å². The van der Waals surface area contributed by atoms with E-state index in [9.17, 15) is 0 Å². The molecule has 7 rings (SSSR count). The van der Waals surface area contributed by atoms with Gasteiger partial charge in [-0.2, -0.15) is 0 Å². The lowest BCUT2D eigenvalue weighted by atomic mass is 9.85. The monoisotopic (exact) mass is 498 g/mol. The zero-order valence-electron chi connectivity index (χ0n) is 21.7. The van der Waals surface area contributed by atoms with Gasteiger partial charge in [-0.15, -0.1) is 0 Å². The number of pyridine rings is 2. The van der Waals surface area contributed by atoms with Gasteiger partial charge in [0.15, 0.2) is 0 Å². The standard InChI is InChI=1S/C37H26N2/c1-25-31(16-8-22-39-25)26-17-19-27(20-18-26)36-32-12-2-4-14-34(32)37(35-15-5-3-13-33(35)36)29-10-6-9-28(23-29)30-11-7-21-38-24-30/h2-24H,1H3. The molecule has 39 heavy (non-hydrogen) atoms. The topological polar surface area (TPSA) is 25.8 Å². The van der Waals surface area contributed by atoms with E-state index in [1.54, 1.807) is 0 Å². The summed E-state index contributed by atoms with van der Waals surface area (Å²) in [5.74, 6) is 0. The molecule has 5 aromatic carbocycles. The molecule has 0 saturated carbocycles. The second-order valence-electron chi connectivity index (χ2n) is 9.88. The summed E-state index contributed by atoms with van der Waals surface area (Å²) in [7, 11) is 0. The Kier molecular flexibility index (Phi) is 5.71. The van der Waals surface area contributed by atoms with Gasteiger partial charge in [-0.3, -0.25) is 9.97 Å². The normalized spacial score (nSPS) is 11.2. The molecule has 0 aliphatic carbocycles. The van der Waals surface area contributed by atoms with Crippen LogP contribution in [0.5, 0.6) is 0 Å². The van der Waals surface area contributed by atoms with Gasteiger partial charge in [0.1, 0.15) is 0 Å². The van der Waals surface area contributed by atoms with E-state index in [0.29, 0.717) is 0 Å². The van der Waals surface area contributed by atoms with Crippen molar-refractivity contribution in [2.45, 2.75) is 6.92 Å². The minimum absolute atomic E-state index is 1.04. The van der Waals surface area contributed by atoms with Crippen molar-refractivity contribution in [2.75, 3.05) is 0 Å². The van der Waals surface area contributed by atoms with Crippen LogP contribution in [0.15, 0.2) is 140 Å². The second kappa shape index (κ2) is 9.66. The third-order valence-corrected chi connectivity index (χ3v) is 7.57. The number of aromatic nitrogens is 2. The summed E-state index contributed by atoms with van der Waals surface area (Å²) >= 11 is 0. The van der Waals surface area contributed by atoms with E-state index < -0.39 is 0 Å². The molecule has 0 unspecified atom stereocenters. The Bertz CT molecular complexity index is 1900. The highest BCUT2D eigenvalue weighted by molar-refractivity contribution is 6.21. The molecule has 0 radical (unpaired) electrons. The van der Waals surface area contributed by atoms with E-state index in [4.69, 9.17) is 0 Å². The second-order valence-corrected chi connectivity index (χ2v) is 9.88. The maximum absolute atomic E-state index is 4.48. The van der Waals surface area contributed by atoms with Gasteiger partial charge in [0, 0.05) is 35.4 Å². The minimum Gasteiger partial charge on any atom is -0.264 e. The van der Waals surface area contributed by atoms with Crippen LogP contribution in [0.2, 0.25) is 0 Å². The fourth-order valence-corrected chi connectivity index (χ4v) is 5.74. The highest BCUT2D eigenvalue weighted by Crippen LogP contribution is 2.44. The predicted molar refractivity (Wildman–Crippen MR) is 164 cm³/mol. The van der Waals surface area contributed by atoms with Gasteiger partial charge in [-0.1, -0.05) is 103 Å². The van der Waals surface area contributed by atoms with Crippen LogP contribution >= 0.6 is 0 Å². The fraction of sp³-hybridized carbons (Fsp3) is 0.0270. The molecule has 0 N–H and O–H groups in total. The number of fused-ring (bicyclic) bond motifs is 2. The molecule has 0 amide bonds. The van der Waals surface area contributed by atoms with Crippen LogP contribution < -0.4 is 0 Å². The van der Waals surface area contributed by atoms with Crippen LogP contribution in [0, 0.1) is 6.92 Å². The quantitative estimate of drug-likeness (QED) is 0.226. The molecule has 0 atom stereocenters.